The van der Waals surface area contributed by atoms with Crippen LogP contribution in [-0.2, 0) is 9.53 Å². The topological polar surface area (TPSA) is 139 Å². The highest BCUT2D eigenvalue weighted by atomic mass is 16.6. The van der Waals surface area contributed by atoms with Crippen LogP contribution in [0.1, 0.15) is 0 Å². The Bertz CT molecular complexity index is 211. The number of aliphatic hydroxyl groups is 2. The van der Waals surface area contributed by atoms with Gasteiger partial charge in [0, 0.05) is 0 Å². The highest BCUT2D eigenvalue weighted by Gasteiger charge is 2.44. The van der Waals surface area contributed by atoms with Gasteiger partial charge in [-0.2, -0.15) is 0 Å². The molecule has 1 rings (SSSR count). The number of aliphatic carboxylic acids is 1. The van der Waals surface area contributed by atoms with E-state index in [1.54, 1.807) is 0 Å². The predicted octanol–water partition coefficient (Wildman–Crippen LogP) is -3.20. The number of carbonyl (C=O) groups is 1. The van der Waals surface area contributed by atoms with Crippen LogP contribution in [0, 0.1) is 0 Å². The van der Waals surface area contributed by atoms with Crippen molar-refractivity contribution in [2.24, 2.45) is 11.5 Å². The fourth-order valence-corrected chi connectivity index (χ4v) is 1.15. The van der Waals surface area contributed by atoms with Crippen LogP contribution in [-0.4, -0.2) is 51.9 Å². The summed E-state index contributed by atoms with van der Waals surface area (Å²) in [6.45, 7) is 0. The van der Waals surface area contributed by atoms with Gasteiger partial charge in [-0.15, -0.1) is 0 Å². The third-order valence-corrected chi connectivity index (χ3v) is 2.01. The van der Waals surface area contributed by atoms with E-state index in [1.807, 2.05) is 0 Å². The second-order valence-corrected chi connectivity index (χ2v) is 2.93. The van der Waals surface area contributed by atoms with Crippen LogP contribution in [0.2, 0.25) is 0 Å². The summed E-state index contributed by atoms with van der Waals surface area (Å²) in [5, 5.41) is 26.9. The number of nitrogens with two attached hydrogens (primary N) is 2. The van der Waals surface area contributed by atoms with Crippen molar-refractivity contribution in [3.63, 3.8) is 0 Å². The maximum atomic E-state index is 10.5. The lowest BCUT2D eigenvalue weighted by Gasteiger charge is -2.37. The standard InChI is InChI=1S/C6H12N2O5/c7-1-2(8)6(12)13-4(3(1)9)5(10)11/h1-4,6,9,12H,7-8H2,(H,10,11)/t1-,2+,3-,4-,6+/m0/s1. The molecule has 0 amide bonds. The molecule has 7 heteroatoms. The van der Waals surface area contributed by atoms with E-state index >= 15 is 0 Å². The molecule has 7 nitrogen and oxygen atoms in total. The van der Waals surface area contributed by atoms with Crippen LogP contribution in [0.3, 0.4) is 0 Å². The lowest BCUT2D eigenvalue weighted by Crippen LogP contribution is -2.66. The summed E-state index contributed by atoms with van der Waals surface area (Å²) >= 11 is 0. The number of rotatable bonds is 1. The van der Waals surface area contributed by atoms with Crippen molar-refractivity contribution in [2.75, 3.05) is 0 Å². The third kappa shape index (κ3) is 1.79. The van der Waals surface area contributed by atoms with E-state index in [0.717, 1.165) is 0 Å². The second kappa shape index (κ2) is 3.56. The lowest BCUT2D eigenvalue weighted by atomic mass is 9.96. The Kier molecular flexibility index (Phi) is 2.84. The van der Waals surface area contributed by atoms with E-state index in [4.69, 9.17) is 21.7 Å². The largest absolute Gasteiger partial charge is 0.479 e. The van der Waals surface area contributed by atoms with Gasteiger partial charge in [0.15, 0.2) is 12.4 Å². The molecule has 1 aliphatic rings. The zero-order chi connectivity index (χ0) is 10.2. The summed E-state index contributed by atoms with van der Waals surface area (Å²) in [5.41, 5.74) is 10.7. The van der Waals surface area contributed by atoms with Gasteiger partial charge in [-0.1, -0.05) is 0 Å². The smallest absolute Gasteiger partial charge is 0.335 e. The molecule has 13 heavy (non-hydrogen) atoms. The maximum Gasteiger partial charge on any atom is 0.335 e. The van der Waals surface area contributed by atoms with Gasteiger partial charge in [0.05, 0.1) is 12.1 Å². The highest BCUT2D eigenvalue weighted by Crippen LogP contribution is 2.16. The van der Waals surface area contributed by atoms with E-state index in [9.17, 15) is 9.90 Å². The second-order valence-electron chi connectivity index (χ2n) is 2.93. The van der Waals surface area contributed by atoms with Crippen molar-refractivity contribution >= 4 is 5.97 Å². The van der Waals surface area contributed by atoms with Crippen molar-refractivity contribution < 1.29 is 24.9 Å². The molecule has 1 saturated heterocycles. The zero-order valence-corrected chi connectivity index (χ0v) is 6.70. The average molecular weight is 192 g/mol. The number of carboxylic acids is 1. The first-order valence-electron chi connectivity index (χ1n) is 3.70. The zero-order valence-electron chi connectivity index (χ0n) is 6.70. The van der Waals surface area contributed by atoms with Crippen LogP contribution in [0.4, 0.5) is 0 Å². The molecule has 5 atom stereocenters. The molecule has 0 spiro atoms. The Hall–Kier alpha value is -0.730. The molecule has 1 heterocycles. The predicted molar refractivity (Wildman–Crippen MR) is 40.5 cm³/mol. The average Bonchev–Trinajstić information content (AvgIpc) is 2.07. The van der Waals surface area contributed by atoms with Gasteiger partial charge in [-0.3, -0.25) is 0 Å². The van der Waals surface area contributed by atoms with E-state index < -0.39 is 36.6 Å². The van der Waals surface area contributed by atoms with Crippen LogP contribution in [0.25, 0.3) is 0 Å². The summed E-state index contributed by atoms with van der Waals surface area (Å²) in [7, 11) is 0. The van der Waals surface area contributed by atoms with Gasteiger partial charge < -0.3 is 31.5 Å². The van der Waals surface area contributed by atoms with Crippen molar-refractivity contribution in [3.05, 3.63) is 0 Å². The van der Waals surface area contributed by atoms with Gasteiger partial charge in [0.1, 0.15) is 6.10 Å². The first kappa shape index (κ1) is 10.4. The van der Waals surface area contributed by atoms with Crippen molar-refractivity contribution in [3.8, 4) is 0 Å². The lowest BCUT2D eigenvalue weighted by molar-refractivity contribution is -0.222. The van der Waals surface area contributed by atoms with Gasteiger partial charge in [-0.05, 0) is 0 Å². The van der Waals surface area contributed by atoms with Gasteiger partial charge in [-0.25, -0.2) is 4.79 Å². The molecule has 76 valence electrons. The van der Waals surface area contributed by atoms with Crippen molar-refractivity contribution in [1.82, 2.24) is 0 Å². The summed E-state index contributed by atoms with van der Waals surface area (Å²) < 4.78 is 4.54. The molecule has 0 radical (unpaired) electrons. The maximum absolute atomic E-state index is 10.5. The fourth-order valence-electron chi connectivity index (χ4n) is 1.15. The van der Waals surface area contributed by atoms with Gasteiger partial charge in [0.2, 0.25) is 0 Å². The number of carboxylic acid groups (broad SMARTS) is 1. The van der Waals surface area contributed by atoms with Crippen LogP contribution < -0.4 is 11.5 Å². The van der Waals surface area contributed by atoms with Gasteiger partial charge >= 0.3 is 5.97 Å². The molecule has 0 aromatic heterocycles. The first-order valence-corrected chi connectivity index (χ1v) is 3.70. The number of hydrogen-bond acceptors (Lipinski definition) is 6. The highest BCUT2D eigenvalue weighted by molar-refractivity contribution is 5.73. The first-order chi connectivity index (χ1) is 5.95. The summed E-state index contributed by atoms with van der Waals surface area (Å²) in [6.07, 6.45) is -4.39. The Labute approximate surface area is 73.9 Å². The fraction of sp³-hybridized carbons (Fsp3) is 0.833. The van der Waals surface area contributed by atoms with E-state index in [0.29, 0.717) is 0 Å². The Morgan fingerprint density at radius 1 is 1.23 bits per heavy atom. The SMILES string of the molecule is N[C@@H]1[C@H](N)[C@H](O)[C@@H](C(=O)O)O[C@H]1O. The molecule has 0 saturated carbocycles. The monoisotopic (exact) mass is 192 g/mol. The number of aliphatic hydroxyl groups excluding tert-OH is 2. The minimum absolute atomic E-state index is 0.981. The molecule has 1 fully saturated rings. The minimum Gasteiger partial charge on any atom is -0.479 e. The van der Waals surface area contributed by atoms with Crippen molar-refractivity contribution in [2.45, 2.75) is 30.6 Å². The van der Waals surface area contributed by atoms with E-state index in [-0.39, 0.29) is 0 Å². The summed E-state index contributed by atoms with van der Waals surface area (Å²) in [5.74, 6) is -1.38. The molecular weight excluding hydrogens is 180 g/mol. The molecule has 1 aliphatic heterocycles. The molecule has 0 aromatic rings. The molecule has 0 aromatic carbocycles. The number of hydrogen-bond donors (Lipinski definition) is 5. The summed E-state index contributed by atoms with van der Waals surface area (Å²) in [6, 6.07) is -1.99. The van der Waals surface area contributed by atoms with Crippen LogP contribution in [0.15, 0.2) is 0 Å². The quantitative estimate of drug-likeness (QED) is 0.295. The van der Waals surface area contributed by atoms with Crippen LogP contribution in [0.5, 0.6) is 0 Å². The molecule has 7 N–H and O–H groups in total. The normalized spacial score (nSPS) is 46.0. The third-order valence-electron chi connectivity index (χ3n) is 2.01. The Morgan fingerprint density at radius 2 is 1.77 bits per heavy atom. The summed E-state index contributed by atoms with van der Waals surface area (Å²) in [4.78, 5) is 10.5. The van der Waals surface area contributed by atoms with Crippen molar-refractivity contribution in [1.29, 1.82) is 0 Å². The molecular formula is C6H12N2O5. The molecule has 0 aliphatic carbocycles. The van der Waals surface area contributed by atoms with E-state index in [1.165, 1.54) is 0 Å². The minimum atomic E-state index is -1.52. The van der Waals surface area contributed by atoms with Crippen LogP contribution >= 0.6 is 0 Å². The Balaban J connectivity index is 2.76. The van der Waals surface area contributed by atoms with E-state index in [2.05, 4.69) is 4.74 Å². The molecule has 0 unspecified atom stereocenters. The molecule has 0 bridgehead atoms. The number of ether oxygens (including phenoxy) is 1. The van der Waals surface area contributed by atoms with Gasteiger partial charge in [0.25, 0.3) is 0 Å². The Morgan fingerprint density at radius 3 is 2.23 bits per heavy atom.